The second-order valence-electron chi connectivity index (χ2n) is 5.00. The number of sulfonamides is 1. The van der Waals surface area contributed by atoms with E-state index < -0.39 is 10.0 Å². The van der Waals surface area contributed by atoms with Gasteiger partial charge in [-0.25, -0.2) is 22.7 Å². The SMILES string of the molecule is CCNC(=NCc1ncnn1C)NCCCN(C)S(=O)(=O)CC. The van der Waals surface area contributed by atoms with Crippen LogP contribution in [-0.4, -0.2) is 65.9 Å². The monoisotopic (exact) mass is 345 g/mol. The van der Waals surface area contributed by atoms with Crippen molar-refractivity contribution in [2.45, 2.75) is 26.8 Å². The van der Waals surface area contributed by atoms with Gasteiger partial charge in [0, 0.05) is 33.7 Å². The highest BCUT2D eigenvalue weighted by Gasteiger charge is 2.13. The van der Waals surface area contributed by atoms with Crippen molar-refractivity contribution >= 4 is 16.0 Å². The molecule has 0 unspecified atom stereocenters. The number of hydrogen-bond donors (Lipinski definition) is 2. The predicted molar refractivity (Wildman–Crippen MR) is 90.5 cm³/mol. The van der Waals surface area contributed by atoms with Gasteiger partial charge in [-0.1, -0.05) is 0 Å². The van der Waals surface area contributed by atoms with Gasteiger partial charge >= 0.3 is 0 Å². The number of hydrogen-bond acceptors (Lipinski definition) is 5. The summed E-state index contributed by atoms with van der Waals surface area (Å²) in [5, 5.41) is 10.3. The van der Waals surface area contributed by atoms with Crippen molar-refractivity contribution in [1.82, 2.24) is 29.7 Å². The molecule has 132 valence electrons. The predicted octanol–water partition coefficient (Wildman–Crippen LogP) is -0.458. The number of rotatable bonds is 9. The fourth-order valence-electron chi connectivity index (χ4n) is 1.82. The summed E-state index contributed by atoms with van der Waals surface area (Å²) < 4.78 is 26.4. The summed E-state index contributed by atoms with van der Waals surface area (Å²) in [6, 6.07) is 0. The molecule has 0 aliphatic heterocycles. The van der Waals surface area contributed by atoms with Gasteiger partial charge in [-0.2, -0.15) is 5.10 Å². The van der Waals surface area contributed by atoms with Gasteiger partial charge < -0.3 is 10.6 Å². The van der Waals surface area contributed by atoms with Crippen LogP contribution in [0, 0.1) is 0 Å². The van der Waals surface area contributed by atoms with E-state index in [9.17, 15) is 8.42 Å². The molecule has 0 saturated heterocycles. The smallest absolute Gasteiger partial charge is 0.213 e. The highest BCUT2D eigenvalue weighted by molar-refractivity contribution is 7.89. The summed E-state index contributed by atoms with van der Waals surface area (Å²) in [5.74, 6) is 1.58. The fourth-order valence-corrected chi connectivity index (χ4v) is 2.67. The maximum absolute atomic E-state index is 11.6. The Bertz CT molecular complexity index is 597. The molecule has 1 rings (SSSR count). The van der Waals surface area contributed by atoms with Crippen LogP contribution in [0.3, 0.4) is 0 Å². The molecule has 0 amide bonds. The number of aryl methyl sites for hydroxylation is 1. The van der Waals surface area contributed by atoms with Gasteiger partial charge in [-0.3, -0.25) is 4.68 Å². The van der Waals surface area contributed by atoms with Crippen molar-refractivity contribution in [2.75, 3.05) is 32.4 Å². The lowest BCUT2D eigenvalue weighted by Crippen LogP contribution is -2.39. The Hall–Kier alpha value is -1.68. The molecule has 10 heteroatoms. The molecule has 0 bridgehead atoms. The summed E-state index contributed by atoms with van der Waals surface area (Å²) in [5.41, 5.74) is 0. The number of guanidine groups is 1. The zero-order chi connectivity index (χ0) is 17.3. The fraction of sp³-hybridized carbons (Fsp3) is 0.769. The third kappa shape index (κ3) is 6.53. The number of nitrogens with zero attached hydrogens (tertiary/aromatic N) is 5. The van der Waals surface area contributed by atoms with Gasteiger partial charge in [0.05, 0.1) is 5.75 Å². The summed E-state index contributed by atoms with van der Waals surface area (Å²) in [6.45, 7) is 5.92. The van der Waals surface area contributed by atoms with Gasteiger partial charge in [0.25, 0.3) is 0 Å². The Morgan fingerprint density at radius 2 is 2.13 bits per heavy atom. The van der Waals surface area contributed by atoms with Gasteiger partial charge in [0.15, 0.2) is 5.96 Å². The topological polar surface area (TPSA) is 105 Å². The average Bonchev–Trinajstić information content (AvgIpc) is 2.93. The second-order valence-corrected chi connectivity index (χ2v) is 7.36. The second kappa shape index (κ2) is 9.46. The molecule has 0 aliphatic carbocycles. The van der Waals surface area contributed by atoms with Crippen LogP contribution in [-0.2, 0) is 23.6 Å². The van der Waals surface area contributed by atoms with Crippen LogP contribution >= 0.6 is 0 Å². The zero-order valence-corrected chi connectivity index (χ0v) is 15.1. The van der Waals surface area contributed by atoms with E-state index in [1.54, 1.807) is 18.7 Å². The van der Waals surface area contributed by atoms with E-state index in [1.165, 1.54) is 10.6 Å². The first kappa shape index (κ1) is 19.4. The van der Waals surface area contributed by atoms with E-state index in [-0.39, 0.29) is 5.75 Å². The van der Waals surface area contributed by atoms with Crippen molar-refractivity contribution in [1.29, 1.82) is 0 Å². The zero-order valence-electron chi connectivity index (χ0n) is 14.3. The Morgan fingerprint density at radius 3 is 2.70 bits per heavy atom. The Labute approximate surface area is 138 Å². The van der Waals surface area contributed by atoms with Gasteiger partial charge in [-0.15, -0.1) is 0 Å². The largest absolute Gasteiger partial charge is 0.357 e. The molecule has 23 heavy (non-hydrogen) atoms. The lowest BCUT2D eigenvalue weighted by molar-refractivity contribution is 0.461. The molecule has 1 heterocycles. The van der Waals surface area contributed by atoms with Crippen molar-refractivity contribution < 1.29 is 8.42 Å². The summed E-state index contributed by atoms with van der Waals surface area (Å²) in [7, 11) is 0.313. The van der Waals surface area contributed by atoms with Crippen LogP contribution in [0.1, 0.15) is 26.1 Å². The molecule has 0 aromatic carbocycles. The van der Waals surface area contributed by atoms with E-state index in [4.69, 9.17) is 0 Å². The minimum absolute atomic E-state index is 0.124. The lowest BCUT2D eigenvalue weighted by Gasteiger charge is -2.16. The van der Waals surface area contributed by atoms with Crippen molar-refractivity contribution in [2.24, 2.45) is 12.0 Å². The molecule has 1 aromatic heterocycles. The molecule has 0 spiro atoms. The number of aromatic nitrogens is 3. The highest BCUT2D eigenvalue weighted by atomic mass is 32.2. The van der Waals surface area contributed by atoms with Crippen LogP contribution in [0.4, 0.5) is 0 Å². The quantitative estimate of drug-likeness (QED) is 0.357. The molecule has 0 fully saturated rings. The third-order valence-electron chi connectivity index (χ3n) is 3.31. The van der Waals surface area contributed by atoms with E-state index in [1.807, 2.05) is 14.0 Å². The maximum atomic E-state index is 11.6. The molecule has 1 aromatic rings. The maximum Gasteiger partial charge on any atom is 0.213 e. The van der Waals surface area contributed by atoms with E-state index in [2.05, 4.69) is 25.7 Å². The normalized spacial score (nSPS) is 12.7. The Kier molecular flexibility index (Phi) is 7.96. The molecule has 0 saturated carbocycles. The minimum Gasteiger partial charge on any atom is -0.357 e. The van der Waals surface area contributed by atoms with Gasteiger partial charge in [0.2, 0.25) is 10.0 Å². The van der Waals surface area contributed by atoms with E-state index in [0.717, 1.165) is 12.4 Å². The van der Waals surface area contributed by atoms with Gasteiger partial charge in [-0.05, 0) is 20.3 Å². The lowest BCUT2D eigenvalue weighted by atomic mass is 10.4. The number of nitrogens with one attached hydrogen (secondary N) is 2. The minimum atomic E-state index is -3.11. The summed E-state index contributed by atoms with van der Waals surface area (Å²) in [4.78, 5) is 8.56. The van der Waals surface area contributed by atoms with Crippen LogP contribution in [0.25, 0.3) is 0 Å². The third-order valence-corrected chi connectivity index (χ3v) is 5.17. The molecular formula is C13H27N7O2S. The number of aliphatic imine (C=N–C) groups is 1. The first-order valence-electron chi connectivity index (χ1n) is 7.69. The highest BCUT2D eigenvalue weighted by Crippen LogP contribution is 1.98. The molecule has 0 atom stereocenters. The van der Waals surface area contributed by atoms with E-state index in [0.29, 0.717) is 32.0 Å². The Balaban J connectivity index is 2.43. The standard InChI is InChI=1S/C13H27N7O2S/c1-5-14-13(16-10-12-17-11-18-20(12)4)15-8-7-9-19(3)23(21,22)6-2/h11H,5-10H2,1-4H3,(H2,14,15,16). The molecule has 0 aliphatic rings. The summed E-state index contributed by atoms with van der Waals surface area (Å²) >= 11 is 0. The average molecular weight is 345 g/mol. The van der Waals surface area contributed by atoms with Crippen LogP contribution in [0.15, 0.2) is 11.3 Å². The first-order chi connectivity index (χ1) is 10.9. The van der Waals surface area contributed by atoms with Crippen LogP contribution in [0.2, 0.25) is 0 Å². The van der Waals surface area contributed by atoms with Crippen molar-refractivity contribution in [3.63, 3.8) is 0 Å². The van der Waals surface area contributed by atoms with Crippen LogP contribution < -0.4 is 10.6 Å². The first-order valence-corrected chi connectivity index (χ1v) is 9.30. The van der Waals surface area contributed by atoms with Gasteiger partial charge in [0.1, 0.15) is 18.7 Å². The Morgan fingerprint density at radius 1 is 1.39 bits per heavy atom. The van der Waals surface area contributed by atoms with Crippen molar-refractivity contribution in [3.8, 4) is 0 Å². The molecule has 0 radical (unpaired) electrons. The summed E-state index contributed by atoms with van der Waals surface area (Å²) in [6.07, 6.45) is 2.19. The molecule has 2 N–H and O–H groups in total. The van der Waals surface area contributed by atoms with Crippen molar-refractivity contribution in [3.05, 3.63) is 12.2 Å². The van der Waals surface area contributed by atoms with E-state index >= 15 is 0 Å². The molecular weight excluding hydrogens is 318 g/mol. The van der Waals surface area contributed by atoms with Crippen LogP contribution in [0.5, 0.6) is 0 Å². The molecule has 9 nitrogen and oxygen atoms in total.